The number of esters is 1. The zero-order valence-electron chi connectivity index (χ0n) is 10.2. The van der Waals surface area contributed by atoms with Crippen LogP contribution in [0.2, 0.25) is 0 Å². The van der Waals surface area contributed by atoms with Crippen LogP contribution in [0.25, 0.3) is 0 Å². The van der Waals surface area contributed by atoms with E-state index < -0.39 is 6.04 Å². The summed E-state index contributed by atoms with van der Waals surface area (Å²) >= 11 is 0. The van der Waals surface area contributed by atoms with E-state index in [1.807, 2.05) is 0 Å². The third-order valence-electron chi connectivity index (χ3n) is 2.77. The van der Waals surface area contributed by atoms with Gasteiger partial charge in [0.2, 0.25) is 0 Å². The summed E-state index contributed by atoms with van der Waals surface area (Å²) in [5.41, 5.74) is 0. The van der Waals surface area contributed by atoms with E-state index in [2.05, 4.69) is 5.32 Å². The van der Waals surface area contributed by atoms with Gasteiger partial charge in [-0.25, -0.2) is 0 Å². The summed E-state index contributed by atoms with van der Waals surface area (Å²) in [5.74, 6) is -0.232. The Kier molecular flexibility index (Phi) is 3.99. The van der Waals surface area contributed by atoms with Crippen molar-refractivity contribution in [3.63, 3.8) is 0 Å². The number of hydrogen-bond donors (Lipinski definition) is 1. The maximum Gasteiger partial charge on any atom is 0.324 e. The summed E-state index contributed by atoms with van der Waals surface area (Å²) in [6.45, 7) is 3.51. The largest absolute Gasteiger partial charge is 0.465 e. The molecule has 18 heavy (non-hydrogen) atoms. The second-order valence-electron chi connectivity index (χ2n) is 3.99. The first-order valence-electron chi connectivity index (χ1n) is 5.95. The smallest absolute Gasteiger partial charge is 0.324 e. The Morgan fingerprint density at radius 3 is 3.11 bits per heavy atom. The number of rotatable bonds is 3. The van der Waals surface area contributed by atoms with Crippen molar-refractivity contribution in [2.45, 2.75) is 13.0 Å². The lowest BCUT2D eigenvalue weighted by Crippen LogP contribution is -2.56. The maximum absolute atomic E-state index is 12.0. The number of ether oxygens (including phenoxy) is 1. The van der Waals surface area contributed by atoms with E-state index in [9.17, 15) is 9.59 Å². The summed E-state index contributed by atoms with van der Waals surface area (Å²) < 4.78 is 10.0. The van der Waals surface area contributed by atoms with Crippen LogP contribution in [0.5, 0.6) is 0 Å². The summed E-state index contributed by atoms with van der Waals surface area (Å²) in [6.07, 6.45) is 1.46. The van der Waals surface area contributed by atoms with Crippen molar-refractivity contribution in [3.05, 3.63) is 24.2 Å². The molecule has 6 heteroatoms. The van der Waals surface area contributed by atoms with E-state index in [1.165, 1.54) is 6.26 Å². The van der Waals surface area contributed by atoms with Crippen molar-refractivity contribution in [1.82, 2.24) is 10.2 Å². The highest BCUT2D eigenvalue weighted by Gasteiger charge is 2.30. The molecule has 0 aliphatic carbocycles. The molecular weight excluding hydrogens is 236 g/mol. The topological polar surface area (TPSA) is 71.8 Å². The van der Waals surface area contributed by atoms with Gasteiger partial charge in [-0.05, 0) is 19.1 Å². The fraction of sp³-hybridized carbons (Fsp3) is 0.500. The Bertz CT molecular complexity index is 416. The number of furan rings is 1. The zero-order valence-corrected chi connectivity index (χ0v) is 10.2. The highest BCUT2D eigenvalue weighted by atomic mass is 16.5. The molecule has 0 saturated carbocycles. The summed E-state index contributed by atoms with van der Waals surface area (Å²) in [6, 6.07) is 2.82. The third-order valence-corrected chi connectivity index (χ3v) is 2.77. The van der Waals surface area contributed by atoms with Crippen molar-refractivity contribution in [1.29, 1.82) is 0 Å². The van der Waals surface area contributed by atoms with Crippen LogP contribution in [-0.2, 0) is 9.53 Å². The van der Waals surface area contributed by atoms with Crippen LogP contribution in [0.15, 0.2) is 22.8 Å². The van der Waals surface area contributed by atoms with E-state index in [0.29, 0.717) is 32.0 Å². The number of nitrogens with zero attached hydrogens (tertiary/aromatic N) is 1. The van der Waals surface area contributed by atoms with Gasteiger partial charge in [-0.15, -0.1) is 0 Å². The van der Waals surface area contributed by atoms with Gasteiger partial charge in [0.05, 0.1) is 12.9 Å². The number of amides is 1. The minimum absolute atomic E-state index is 0.198. The van der Waals surface area contributed by atoms with Crippen LogP contribution >= 0.6 is 0 Å². The van der Waals surface area contributed by atoms with Crippen LogP contribution in [0.1, 0.15) is 17.5 Å². The van der Waals surface area contributed by atoms with Crippen LogP contribution < -0.4 is 5.32 Å². The number of carbonyl (C=O) groups excluding carboxylic acids is 2. The SMILES string of the molecule is CCOC(=O)C1CN(C(=O)c2ccco2)CCN1. The van der Waals surface area contributed by atoms with Gasteiger partial charge in [0.15, 0.2) is 5.76 Å². The van der Waals surface area contributed by atoms with E-state index >= 15 is 0 Å². The fourth-order valence-corrected chi connectivity index (χ4v) is 1.89. The van der Waals surface area contributed by atoms with Crippen LogP contribution in [-0.4, -0.2) is 49.1 Å². The molecule has 1 unspecified atom stereocenters. The first kappa shape index (κ1) is 12.6. The maximum atomic E-state index is 12.0. The molecule has 1 aliphatic rings. The van der Waals surface area contributed by atoms with Gasteiger partial charge in [-0.2, -0.15) is 0 Å². The predicted octanol–water partition coefficient (Wildman–Crippen LogP) is 0.257. The van der Waals surface area contributed by atoms with E-state index in [1.54, 1.807) is 24.0 Å². The second kappa shape index (κ2) is 5.68. The van der Waals surface area contributed by atoms with Gasteiger partial charge in [-0.3, -0.25) is 9.59 Å². The molecule has 0 spiro atoms. The molecule has 6 nitrogen and oxygen atoms in total. The molecule has 2 heterocycles. The number of hydrogen-bond acceptors (Lipinski definition) is 5. The Balaban J connectivity index is 1.98. The summed E-state index contributed by atoms with van der Waals surface area (Å²) in [5, 5.41) is 3.03. The van der Waals surface area contributed by atoms with Crippen molar-refractivity contribution in [2.24, 2.45) is 0 Å². The quantitative estimate of drug-likeness (QED) is 0.781. The molecule has 98 valence electrons. The lowest BCUT2D eigenvalue weighted by atomic mass is 10.2. The van der Waals surface area contributed by atoms with E-state index in [0.717, 1.165) is 0 Å². The van der Waals surface area contributed by atoms with Crippen molar-refractivity contribution >= 4 is 11.9 Å². The molecule has 1 aliphatic heterocycles. The van der Waals surface area contributed by atoms with E-state index in [-0.39, 0.29) is 11.9 Å². The Labute approximate surface area is 105 Å². The molecule has 1 fully saturated rings. The normalized spacial score (nSPS) is 19.6. The molecule has 1 saturated heterocycles. The van der Waals surface area contributed by atoms with Gasteiger partial charge >= 0.3 is 5.97 Å². The first-order chi connectivity index (χ1) is 8.72. The molecule has 1 amide bonds. The number of carbonyl (C=O) groups is 2. The summed E-state index contributed by atoms with van der Waals surface area (Å²) in [4.78, 5) is 25.2. The highest BCUT2D eigenvalue weighted by molar-refractivity contribution is 5.92. The van der Waals surface area contributed by atoms with Crippen molar-refractivity contribution in [2.75, 3.05) is 26.2 Å². The molecule has 0 aromatic carbocycles. The van der Waals surface area contributed by atoms with Crippen molar-refractivity contribution in [3.8, 4) is 0 Å². The van der Waals surface area contributed by atoms with Crippen LogP contribution in [0, 0.1) is 0 Å². The average molecular weight is 252 g/mol. The van der Waals surface area contributed by atoms with Crippen molar-refractivity contribution < 1.29 is 18.7 Å². The van der Waals surface area contributed by atoms with E-state index in [4.69, 9.17) is 9.15 Å². The Morgan fingerprint density at radius 2 is 2.44 bits per heavy atom. The third kappa shape index (κ3) is 2.70. The zero-order chi connectivity index (χ0) is 13.0. The standard InChI is InChI=1S/C12H16N2O4/c1-2-17-12(16)9-8-14(6-5-13-9)11(15)10-4-3-7-18-10/h3-4,7,9,13H,2,5-6,8H2,1H3. The van der Waals surface area contributed by atoms with Gasteiger partial charge in [0.25, 0.3) is 5.91 Å². The Morgan fingerprint density at radius 1 is 1.61 bits per heavy atom. The average Bonchev–Trinajstić information content (AvgIpc) is 2.92. The lowest BCUT2D eigenvalue weighted by molar-refractivity contribution is -0.146. The number of piperazine rings is 1. The predicted molar refractivity (Wildman–Crippen MR) is 63.0 cm³/mol. The van der Waals surface area contributed by atoms with Crippen LogP contribution in [0.4, 0.5) is 0 Å². The number of nitrogens with one attached hydrogen (secondary N) is 1. The Hall–Kier alpha value is -1.82. The molecule has 1 atom stereocenters. The lowest BCUT2D eigenvalue weighted by Gasteiger charge is -2.31. The van der Waals surface area contributed by atoms with Gasteiger partial charge in [0, 0.05) is 19.6 Å². The molecular formula is C12H16N2O4. The molecule has 2 rings (SSSR count). The monoisotopic (exact) mass is 252 g/mol. The van der Waals surface area contributed by atoms with Gasteiger partial charge in [0.1, 0.15) is 6.04 Å². The fourth-order valence-electron chi connectivity index (χ4n) is 1.89. The van der Waals surface area contributed by atoms with Gasteiger partial charge in [-0.1, -0.05) is 0 Å². The molecule has 0 bridgehead atoms. The minimum atomic E-state index is -0.461. The molecule has 0 radical (unpaired) electrons. The molecule has 1 aromatic heterocycles. The second-order valence-corrected chi connectivity index (χ2v) is 3.99. The van der Waals surface area contributed by atoms with Crippen LogP contribution in [0.3, 0.4) is 0 Å². The summed E-state index contributed by atoms with van der Waals surface area (Å²) in [7, 11) is 0. The molecule has 1 aromatic rings. The highest BCUT2D eigenvalue weighted by Crippen LogP contribution is 2.09. The minimum Gasteiger partial charge on any atom is -0.465 e. The molecule has 1 N–H and O–H groups in total. The van der Waals surface area contributed by atoms with Gasteiger partial charge < -0.3 is 19.4 Å². The first-order valence-corrected chi connectivity index (χ1v) is 5.95.